The number of hydrogen-bond donors (Lipinski definition) is 1. The third-order valence-electron chi connectivity index (χ3n) is 3.20. The van der Waals surface area contributed by atoms with E-state index in [1.165, 1.54) is 5.56 Å². The molecule has 106 valence electrons. The van der Waals surface area contributed by atoms with Crippen LogP contribution in [0.15, 0.2) is 48.8 Å². The summed E-state index contributed by atoms with van der Waals surface area (Å²) in [5, 5.41) is 9.63. The smallest absolute Gasteiger partial charge is 0.118 e. The summed E-state index contributed by atoms with van der Waals surface area (Å²) < 4.78 is 5.61. The van der Waals surface area contributed by atoms with Crippen LogP contribution in [0.3, 0.4) is 0 Å². The maximum absolute atomic E-state index is 9.63. The average molecular weight is 271 g/mol. The molecule has 0 bridgehead atoms. The Labute approximate surface area is 120 Å². The lowest BCUT2D eigenvalue weighted by molar-refractivity contribution is 0.129. The average Bonchev–Trinajstić information content (AvgIpc) is 2.49. The van der Waals surface area contributed by atoms with Gasteiger partial charge in [0.15, 0.2) is 0 Å². The minimum absolute atomic E-state index is 0.379. The van der Waals surface area contributed by atoms with Crippen LogP contribution in [0, 0.1) is 0 Å². The van der Waals surface area contributed by atoms with Crippen molar-refractivity contribution in [3.63, 3.8) is 0 Å². The predicted molar refractivity (Wildman–Crippen MR) is 79.8 cm³/mol. The fourth-order valence-electron chi connectivity index (χ4n) is 2.11. The van der Waals surface area contributed by atoms with Gasteiger partial charge in [-0.3, -0.25) is 4.98 Å². The van der Waals surface area contributed by atoms with Crippen molar-refractivity contribution in [2.45, 2.75) is 25.7 Å². The topological polar surface area (TPSA) is 42.4 Å². The Morgan fingerprint density at radius 1 is 0.950 bits per heavy atom. The third kappa shape index (κ3) is 5.02. The molecule has 1 aromatic carbocycles. The summed E-state index contributed by atoms with van der Waals surface area (Å²) in [6, 6.07) is 11.5. The number of rotatable bonds is 8. The fraction of sp³-hybridized carbons (Fsp3) is 0.353. The fourth-order valence-corrected chi connectivity index (χ4v) is 2.11. The van der Waals surface area contributed by atoms with Crippen LogP contribution in [0.4, 0.5) is 0 Å². The van der Waals surface area contributed by atoms with Crippen LogP contribution in [-0.2, 0) is 17.6 Å². The molecule has 0 aliphatic rings. The molecule has 1 aromatic heterocycles. The van der Waals surface area contributed by atoms with E-state index in [2.05, 4.69) is 11.1 Å². The van der Waals surface area contributed by atoms with E-state index >= 15 is 0 Å². The van der Waals surface area contributed by atoms with Crippen molar-refractivity contribution in [2.75, 3.05) is 13.2 Å². The predicted octanol–water partition coefficient (Wildman–Crippen LogP) is 3.37. The Bertz CT molecular complexity index is 499. The first-order chi connectivity index (χ1) is 9.86. The summed E-state index contributed by atoms with van der Waals surface area (Å²) in [6.07, 6.45) is 7.51. The van der Waals surface area contributed by atoms with Crippen LogP contribution in [0.5, 0.6) is 5.75 Å². The lowest BCUT2D eigenvalue weighted by atomic mass is 10.1. The first kappa shape index (κ1) is 14.5. The van der Waals surface area contributed by atoms with Gasteiger partial charge in [0.05, 0.1) is 0 Å². The number of phenolic OH excluding ortho intramolecular Hbond substituents is 1. The summed E-state index contributed by atoms with van der Waals surface area (Å²) in [6.45, 7) is 1.51. The first-order valence-corrected chi connectivity index (χ1v) is 7.10. The van der Waals surface area contributed by atoms with E-state index < -0.39 is 0 Å². The molecule has 0 unspecified atom stereocenters. The molecule has 0 radical (unpaired) electrons. The van der Waals surface area contributed by atoms with Crippen molar-refractivity contribution >= 4 is 0 Å². The van der Waals surface area contributed by atoms with Gasteiger partial charge in [-0.05, 0) is 48.9 Å². The van der Waals surface area contributed by atoms with Crippen molar-refractivity contribution in [3.8, 4) is 5.75 Å². The zero-order chi connectivity index (χ0) is 14.0. The lowest BCUT2D eigenvalue weighted by Crippen LogP contribution is -2.00. The van der Waals surface area contributed by atoms with Gasteiger partial charge in [-0.2, -0.15) is 0 Å². The van der Waals surface area contributed by atoms with E-state index in [9.17, 15) is 5.11 Å². The van der Waals surface area contributed by atoms with Gasteiger partial charge in [0.1, 0.15) is 5.75 Å². The number of pyridine rings is 1. The molecule has 1 heterocycles. The first-order valence-electron chi connectivity index (χ1n) is 7.10. The van der Waals surface area contributed by atoms with Crippen LogP contribution in [0.25, 0.3) is 0 Å². The maximum atomic E-state index is 9.63. The highest BCUT2D eigenvalue weighted by molar-refractivity contribution is 5.31. The van der Waals surface area contributed by atoms with Gasteiger partial charge >= 0.3 is 0 Å². The van der Waals surface area contributed by atoms with Crippen molar-refractivity contribution in [1.82, 2.24) is 4.98 Å². The molecule has 3 nitrogen and oxygen atoms in total. The molecule has 20 heavy (non-hydrogen) atoms. The van der Waals surface area contributed by atoms with E-state index in [4.69, 9.17) is 4.74 Å². The molecule has 0 saturated heterocycles. The van der Waals surface area contributed by atoms with Crippen LogP contribution in [0.1, 0.15) is 24.0 Å². The van der Waals surface area contributed by atoms with Crippen LogP contribution in [0.2, 0.25) is 0 Å². The Hall–Kier alpha value is -1.87. The molecule has 0 fully saturated rings. The molecule has 0 saturated carbocycles. The van der Waals surface area contributed by atoms with Crippen LogP contribution < -0.4 is 0 Å². The molecule has 1 N–H and O–H groups in total. The Morgan fingerprint density at radius 3 is 2.50 bits per heavy atom. The van der Waals surface area contributed by atoms with Gasteiger partial charge in [0.2, 0.25) is 0 Å². The number of para-hydroxylation sites is 1. The normalized spacial score (nSPS) is 10.6. The number of phenols is 1. The zero-order valence-corrected chi connectivity index (χ0v) is 11.7. The van der Waals surface area contributed by atoms with Gasteiger partial charge in [0, 0.05) is 25.6 Å². The monoisotopic (exact) mass is 271 g/mol. The highest BCUT2D eigenvalue weighted by Crippen LogP contribution is 2.17. The molecule has 0 atom stereocenters. The molecule has 2 rings (SSSR count). The Morgan fingerprint density at radius 2 is 1.75 bits per heavy atom. The summed E-state index contributed by atoms with van der Waals surface area (Å²) in [7, 11) is 0. The molecule has 2 aromatic rings. The van der Waals surface area contributed by atoms with E-state index in [1.54, 1.807) is 12.3 Å². The second-order valence-electron chi connectivity index (χ2n) is 4.81. The quantitative estimate of drug-likeness (QED) is 0.748. The standard InChI is InChI=1S/C17H21NO2/c19-17-10-2-1-8-16(17)9-5-13-20-12-4-7-15-6-3-11-18-14-15/h1-3,6,8,10-11,14,19H,4-5,7,9,12-13H2. The van der Waals surface area contributed by atoms with Gasteiger partial charge in [-0.1, -0.05) is 24.3 Å². The van der Waals surface area contributed by atoms with Gasteiger partial charge in [0.25, 0.3) is 0 Å². The minimum Gasteiger partial charge on any atom is -0.508 e. The largest absolute Gasteiger partial charge is 0.508 e. The third-order valence-corrected chi connectivity index (χ3v) is 3.20. The number of ether oxygens (including phenoxy) is 1. The number of aromatic hydroxyl groups is 1. The molecule has 0 aliphatic carbocycles. The SMILES string of the molecule is Oc1ccccc1CCCOCCCc1cccnc1. The maximum Gasteiger partial charge on any atom is 0.118 e. The lowest BCUT2D eigenvalue weighted by Gasteiger charge is -2.06. The molecule has 3 heteroatoms. The second kappa shape index (κ2) is 8.33. The second-order valence-corrected chi connectivity index (χ2v) is 4.81. The van der Waals surface area contributed by atoms with Gasteiger partial charge < -0.3 is 9.84 Å². The van der Waals surface area contributed by atoms with Crippen molar-refractivity contribution < 1.29 is 9.84 Å². The van der Waals surface area contributed by atoms with Crippen molar-refractivity contribution in [3.05, 3.63) is 59.9 Å². The number of aryl methyl sites for hydroxylation is 2. The molecular formula is C17H21NO2. The molecule has 0 spiro atoms. The Kier molecular flexibility index (Phi) is 6.06. The van der Waals surface area contributed by atoms with Crippen LogP contribution in [-0.4, -0.2) is 23.3 Å². The highest BCUT2D eigenvalue weighted by Gasteiger charge is 1.99. The number of benzene rings is 1. The number of nitrogens with zero attached hydrogens (tertiary/aromatic N) is 1. The molecular weight excluding hydrogens is 250 g/mol. The van der Waals surface area contributed by atoms with Crippen molar-refractivity contribution in [1.29, 1.82) is 0 Å². The van der Waals surface area contributed by atoms with E-state index in [1.807, 2.05) is 30.5 Å². The van der Waals surface area contributed by atoms with Crippen molar-refractivity contribution in [2.24, 2.45) is 0 Å². The minimum atomic E-state index is 0.379. The Balaban J connectivity index is 1.53. The zero-order valence-electron chi connectivity index (χ0n) is 11.7. The van der Waals surface area contributed by atoms with E-state index in [-0.39, 0.29) is 0 Å². The molecule has 0 aliphatic heterocycles. The highest BCUT2D eigenvalue weighted by atomic mass is 16.5. The van der Waals surface area contributed by atoms with E-state index in [0.29, 0.717) is 5.75 Å². The number of aromatic nitrogens is 1. The summed E-state index contributed by atoms with van der Waals surface area (Å²) in [5.41, 5.74) is 2.25. The summed E-state index contributed by atoms with van der Waals surface area (Å²) in [4.78, 5) is 4.09. The van der Waals surface area contributed by atoms with Gasteiger partial charge in [-0.25, -0.2) is 0 Å². The molecule has 0 amide bonds. The van der Waals surface area contributed by atoms with Gasteiger partial charge in [-0.15, -0.1) is 0 Å². The van der Waals surface area contributed by atoms with Crippen LogP contribution >= 0.6 is 0 Å². The van der Waals surface area contributed by atoms with E-state index in [0.717, 1.165) is 44.5 Å². The summed E-state index contributed by atoms with van der Waals surface area (Å²) in [5.74, 6) is 0.379. The summed E-state index contributed by atoms with van der Waals surface area (Å²) >= 11 is 0. The number of hydrogen-bond acceptors (Lipinski definition) is 3.